The lowest BCUT2D eigenvalue weighted by Gasteiger charge is -2.33. The molecule has 2 fully saturated rings. The minimum Gasteiger partial charge on any atom is -0.322 e. The van der Waals surface area contributed by atoms with Crippen LogP contribution in [0.5, 0.6) is 0 Å². The van der Waals surface area contributed by atoms with Gasteiger partial charge in [-0.15, -0.1) is 0 Å². The zero-order valence-electron chi connectivity index (χ0n) is 18.1. The highest BCUT2D eigenvalue weighted by Gasteiger charge is 2.27. The molecule has 166 valence electrons. The van der Waals surface area contributed by atoms with E-state index in [-0.39, 0.29) is 10.8 Å². The van der Waals surface area contributed by atoms with E-state index in [0.29, 0.717) is 24.7 Å². The Kier molecular flexibility index (Phi) is 6.74. The maximum absolute atomic E-state index is 12.6. The van der Waals surface area contributed by atoms with Crippen LogP contribution in [0.15, 0.2) is 53.4 Å². The Morgan fingerprint density at radius 1 is 0.935 bits per heavy atom. The summed E-state index contributed by atoms with van der Waals surface area (Å²) in [4.78, 5) is 15.3. The van der Waals surface area contributed by atoms with Crippen molar-refractivity contribution < 1.29 is 13.2 Å². The number of benzene rings is 2. The number of nitrogens with zero attached hydrogens (tertiary/aromatic N) is 2. The standard InChI is InChI=1S/C24H31N3O3S/c1-19-6-2-3-15-26(19)18-20-7-11-22(12-8-20)25-24(28)21-9-13-23(14-10-21)31(29,30)27-16-4-5-17-27/h7-14,19H,2-6,15-18H2,1H3,(H,25,28). The predicted molar refractivity (Wildman–Crippen MR) is 123 cm³/mol. The minimum atomic E-state index is -3.46. The van der Waals surface area contributed by atoms with Crippen LogP contribution in [0.1, 0.15) is 54.9 Å². The Hall–Kier alpha value is -2.22. The third kappa shape index (κ3) is 5.17. The average Bonchev–Trinajstić information content (AvgIpc) is 3.33. The van der Waals surface area contributed by atoms with Gasteiger partial charge in [-0.2, -0.15) is 4.31 Å². The number of hydrogen-bond acceptors (Lipinski definition) is 4. The molecule has 2 saturated heterocycles. The van der Waals surface area contributed by atoms with Gasteiger partial charge in [0, 0.05) is 36.9 Å². The summed E-state index contributed by atoms with van der Waals surface area (Å²) in [6.45, 7) is 5.50. The minimum absolute atomic E-state index is 0.238. The lowest BCUT2D eigenvalue weighted by molar-refractivity contribution is 0.102. The van der Waals surface area contributed by atoms with E-state index < -0.39 is 10.0 Å². The molecule has 0 aliphatic carbocycles. The van der Waals surface area contributed by atoms with E-state index in [1.54, 1.807) is 12.1 Å². The van der Waals surface area contributed by atoms with Crippen LogP contribution in [-0.4, -0.2) is 49.2 Å². The van der Waals surface area contributed by atoms with Gasteiger partial charge in [-0.3, -0.25) is 9.69 Å². The number of piperidine rings is 1. The average molecular weight is 442 g/mol. The fourth-order valence-electron chi connectivity index (χ4n) is 4.38. The Morgan fingerprint density at radius 2 is 1.58 bits per heavy atom. The van der Waals surface area contributed by atoms with E-state index in [4.69, 9.17) is 0 Å². The Balaban J connectivity index is 1.36. The maximum Gasteiger partial charge on any atom is 0.255 e. The van der Waals surface area contributed by atoms with E-state index in [0.717, 1.165) is 31.6 Å². The zero-order chi connectivity index (χ0) is 21.8. The van der Waals surface area contributed by atoms with Crippen LogP contribution in [0, 0.1) is 0 Å². The lowest BCUT2D eigenvalue weighted by atomic mass is 10.0. The number of hydrogen-bond donors (Lipinski definition) is 1. The van der Waals surface area contributed by atoms with Gasteiger partial charge in [-0.25, -0.2) is 8.42 Å². The van der Waals surface area contributed by atoms with Crippen LogP contribution in [0.4, 0.5) is 5.69 Å². The van der Waals surface area contributed by atoms with Crippen molar-refractivity contribution in [1.82, 2.24) is 9.21 Å². The number of nitrogens with one attached hydrogen (secondary N) is 1. The summed E-state index contributed by atoms with van der Waals surface area (Å²) in [5.41, 5.74) is 2.41. The normalized spacial score (nSPS) is 20.6. The number of anilines is 1. The van der Waals surface area contributed by atoms with Crippen molar-refractivity contribution in [3.63, 3.8) is 0 Å². The van der Waals surface area contributed by atoms with Crippen molar-refractivity contribution in [1.29, 1.82) is 0 Å². The lowest BCUT2D eigenvalue weighted by Crippen LogP contribution is -2.36. The fraction of sp³-hybridized carbons (Fsp3) is 0.458. The molecule has 2 aromatic rings. The van der Waals surface area contributed by atoms with Gasteiger partial charge in [-0.1, -0.05) is 18.6 Å². The summed E-state index contributed by atoms with van der Waals surface area (Å²) >= 11 is 0. The number of carbonyl (C=O) groups is 1. The summed E-state index contributed by atoms with van der Waals surface area (Å²) in [6.07, 6.45) is 5.63. The van der Waals surface area contributed by atoms with Crippen LogP contribution in [0.2, 0.25) is 0 Å². The van der Waals surface area contributed by atoms with Gasteiger partial charge in [-0.05, 0) is 81.1 Å². The SMILES string of the molecule is CC1CCCCN1Cc1ccc(NC(=O)c2ccc(S(=O)(=O)N3CCCC3)cc2)cc1. The molecule has 6 nitrogen and oxygen atoms in total. The second-order valence-electron chi connectivity index (χ2n) is 8.60. The molecular formula is C24H31N3O3S. The first-order valence-corrected chi connectivity index (χ1v) is 12.6. The maximum atomic E-state index is 12.6. The predicted octanol–water partition coefficient (Wildman–Crippen LogP) is 4.10. The van der Waals surface area contributed by atoms with E-state index in [9.17, 15) is 13.2 Å². The van der Waals surface area contributed by atoms with E-state index in [1.165, 1.54) is 41.3 Å². The molecule has 2 heterocycles. The van der Waals surface area contributed by atoms with Crippen LogP contribution in [-0.2, 0) is 16.6 Å². The van der Waals surface area contributed by atoms with Gasteiger partial charge in [0.2, 0.25) is 10.0 Å². The number of carbonyl (C=O) groups excluding carboxylic acids is 1. The molecule has 0 spiro atoms. The van der Waals surface area contributed by atoms with Crippen LogP contribution < -0.4 is 5.32 Å². The molecule has 2 aliphatic rings. The first kappa shape index (κ1) is 22.0. The van der Waals surface area contributed by atoms with Gasteiger partial charge >= 0.3 is 0 Å². The summed E-state index contributed by atoms with van der Waals surface area (Å²) in [5, 5.41) is 2.90. The summed E-state index contributed by atoms with van der Waals surface area (Å²) in [7, 11) is -3.46. The highest BCUT2D eigenvalue weighted by Crippen LogP contribution is 2.22. The largest absolute Gasteiger partial charge is 0.322 e. The van der Waals surface area contributed by atoms with Crippen LogP contribution in [0.3, 0.4) is 0 Å². The number of sulfonamides is 1. The molecule has 1 N–H and O–H groups in total. The Bertz CT molecular complexity index is 997. The van der Waals surface area contributed by atoms with Gasteiger partial charge in [0.15, 0.2) is 0 Å². The van der Waals surface area contributed by atoms with Crippen LogP contribution in [0.25, 0.3) is 0 Å². The molecule has 7 heteroatoms. The van der Waals surface area contributed by atoms with Gasteiger partial charge in [0.25, 0.3) is 5.91 Å². The molecule has 0 radical (unpaired) electrons. The first-order chi connectivity index (χ1) is 14.9. The molecule has 1 amide bonds. The molecule has 2 aliphatic heterocycles. The van der Waals surface area contributed by atoms with Crippen molar-refractivity contribution in [2.45, 2.75) is 56.5 Å². The summed E-state index contributed by atoms with van der Waals surface area (Å²) < 4.78 is 26.8. The molecule has 31 heavy (non-hydrogen) atoms. The van der Waals surface area contributed by atoms with E-state index >= 15 is 0 Å². The quantitative estimate of drug-likeness (QED) is 0.733. The van der Waals surface area contributed by atoms with Crippen LogP contribution >= 0.6 is 0 Å². The smallest absolute Gasteiger partial charge is 0.255 e. The Morgan fingerprint density at radius 3 is 2.23 bits per heavy atom. The highest BCUT2D eigenvalue weighted by atomic mass is 32.2. The van der Waals surface area contributed by atoms with Gasteiger partial charge in [0.1, 0.15) is 0 Å². The Labute approximate surface area is 185 Å². The topological polar surface area (TPSA) is 69.7 Å². The van der Waals surface area contributed by atoms with Crippen molar-refractivity contribution in [3.8, 4) is 0 Å². The van der Waals surface area contributed by atoms with E-state index in [1.807, 2.05) is 12.1 Å². The van der Waals surface area contributed by atoms with Crippen molar-refractivity contribution in [2.24, 2.45) is 0 Å². The van der Waals surface area contributed by atoms with Gasteiger partial charge in [0.05, 0.1) is 4.90 Å². The molecule has 0 bridgehead atoms. The number of likely N-dealkylation sites (tertiary alicyclic amines) is 1. The summed E-state index contributed by atoms with van der Waals surface area (Å²) in [6, 6.07) is 14.8. The molecule has 1 atom stereocenters. The summed E-state index contributed by atoms with van der Waals surface area (Å²) in [5.74, 6) is -0.248. The van der Waals surface area contributed by atoms with Crippen molar-refractivity contribution >= 4 is 21.6 Å². The van der Waals surface area contributed by atoms with E-state index in [2.05, 4.69) is 29.3 Å². The fourth-order valence-corrected chi connectivity index (χ4v) is 5.90. The highest BCUT2D eigenvalue weighted by molar-refractivity contribution is 7.89. The van der Waals surface area contributed by atoms with Crippen molar-refractivity contribution in [3.05, 3.63) is 59.7 Å². The van der Waals surface area contributed by atoms with Gasteiger partial charge < -0.3 is 5.32 Å². The molecule has 0 saturated carbocycles. The second-order valence-corrected chi connectivity index (χ2v) is 10.5. The van der Waals surface area contributed by atoms with Crippen molar-refractivity contribution in [2.75, 3.05) is 25.0 Å². The second kappa shape index (κ2) is 9.51. The zero-order valence-corrected chi connectivity index (χ0v) is 18.9. The molecular weight excluding hydrogens is 410 g/mol. The molecule has 2 aromatic carbocycles. The molecule has 4 rings (SSSR count). The molecule has 0 aromatic heterocycles. The number of amides is 1. The first-order valence-electron chi connectivity index (χ1n) is 11.2. The monoisotopic (exact) mass is 441 g/mol. The third-order valence-corrected chi connectivity index (χ3v) is 8.27. The number of rotatable bonds is 6. The molecule has 1 unspecified atom stereocenters. The third-order valence-electron chi connectivity index (χ3n) is 6.36.